The molecule has 0 unspecified atom stereocenters. The smallest absolute Gasteiger partial charge is 0.161 e. The van der Waals surface area contributed by atoms with Gasteiger partial charge in [0.15, 0.2) is 5.78 Å². The molecule has 13 heavy (non-hydrogen) atoms. The number of allylic oxidation sites excluding steroid dienone is 2. The summed E-state index contributed by atoms with van der Waals surface area (Å²) in [6.45, 7) is 0. The molecule has 3 aliphatic rings. The van der Waals surface area contributed by atoms with Crippen LogP contribution in [0.3, 0.4) is 0 Å². The van der Waals surface area contributed by atoms with E-state index >= 15 is 0 Å². The molecule has 0 radical (unpaired) electrons. The highest BCUT2D eigenvalue weighted by Crippen LogP contribution is 2.69. The van der Waals surface area contributed by atoms with Crippen LogP contribution < -0.4 is 0 Å². The molecule has 2 heteroatoms. The largest absolute Gasteiger partial charge is 0.294 e. The molecule has 0 aromatic heterocycles. The number of hydrogen-bond acceptors (Lipinski definition) is 2. The summed E-state index contributed by atoms with van der Waals surface area (Å²) in [7, 11) is 0. The second-order valence-electron chi connectivity index (χ2n) is 4.44. The molecule has 3 rings (SSSR count). The molecule has 0 aliphatic heterocycles. The summed E-state index contributed by atoms with van der Waals surface area (Å²) in [5.41, 5.74) is 1.02. The maximum absolute atomic E-state index is 11.5. The van der Waals surface area contributed by atoms with E-state index in [1.54, 1.807) is 6.08 Å². The van der Waals surface area contributed by atoms with Crippen LogP contribution in [0.5, 0.6) is 0 Å². The fourth-order valence-electron chi connectivity index (χ4n) is 3.25. The van der Waals surface area contributed by atoms with E-state index in [2.05, 4.69) is 6.07 Å². The van der Waals surface area contributed by atoms with Gasteiger partial charge in [-0.15, -0.1) is 0 Å². The van der Waals surface area contributed by atoms with Gasteiger partial charge in [0.25, 0.3) is 0 Å². The number of rotatable bonds is 0. The van der Waals surface area contributed by atoms with Gasteiger partial charge in [0.05, 0.1) is 11.5 Å². The molecule has 0 N–H and O–H groups in total. The Morgan fingerprint density at radius 1 is 1.46 bits per heavy atom. The second kappa shape index (κ2) is 2.04. The summed E-state index contributed by atoms with van der Waals surface area (Å²) in [5.74, 6) is 0.615. The van der Waals surface area contributed by atoms with Gasteiger partial charge in [-0.3, -0.25) is 4.79 Å². The van der Waals surface area contributed by atoms with Crippen LogP contribution in [0, 0.1) is 28.6 Å². The highest BCUT2D eigenvalue weighted by molar-refractivity contribution is 6.00. The Balaban J connectivity index is 2.08. The van der Waals surface area contributed by atoms with Crippen LogP contribution in [0.25, 0.3) is 0 Å². The zero-order chi connectivity index (χ0) is 9.05. The van der Waals surface area contributed by atoms with Crippen LogP contribution in [-0.2, 0) is 4.79 Å². The van der Waals surface area contributed by atoms with E-state index in [9.17, 15) is 4.79 Å². The highest BCUT2D eigenvalue weighted by atomic mass is 16.1. The fraction of sp³-hybridized carbons (Fsp3) is 0.636. The van der Waals surface area contributed by atoms with Crippen molar-refractivity contribution in [3.8, 4) is 6.07 Å². The first kappa shape index (κ1) is 7.32. The lowest BCUT2D eigenvalue weighted by Gasteiger charge is -2.06. The quantitative estimate of drug-likeness (QED) is 0.560. The first-order valence-electron chi connectivity index (χ1n) is 4.95. The van der Waals surface area contributed by atoms with Crippen molar-refractivity contribution in [1.29, 1.82) is 5.26 Å². The van der Waals surface area contributed by atoms with E-state index in [1.807, 2.05) is 0 Å². The van der Waals surface area contributed by atoms with E-state index in [0.29, 0.717) is 5.92 Å². The molecule has 0 amide bonds. The van der Waals surface area contributed by atoms with E-state index in [1.165, 1.54) is 5.57 Å². The topological polar surface area (TPSA) is 40.9 Å². The Morgan fingerprint density at radius 2 is 2.31 bits per heavy atom. The van der Waals surface area contributed by atoms with Crippen LogP contribution in [0.1, 0.15) is 25.7 Å². The molecule has 0 bridgehead atoms. The van der Waals surface area contributed by atoms with Crippen LogP contribution in [0.2, 0.25) is 0 Å². The van der Waals surface area contributed by atoms with Gasteiger partial charge in [0, 0.05) is 11.8 Å². The zero-order valence-corrected chi connectivity index (χ0v) is 7.42. The molecule has 2 fully saturated rings. The maximum Gasteiger partial charge on any atom is 0.161 e. The third-order valence-electron chi connectivity index (χ3n) is 3.88. The molecule has 0 aromatic carbocycles. The molecule has 2 nitrogen and oxygen atoms in total. The molecule has 66 valence electrons. The zero-order valence-electron chi connectivity index (χ0n) is 7.42. The summed E-state index contributed by atoms with van der Waals surface area (Å²) in [6.07, 6.45) is 6.07. The molecule has 3 atom stereocenters. The summed E-state index contributed by atoms with van der Waals surface area (Å²) in [4.78, 5) is 11.5. The van der Waals surface area contributed by atoms with Crippen LogP contribution in [0.4, 0.5) is 0 Å². The molecule has 0 saturated heterocycles. The monoisotopic (exact) mass is 173 g/mol. The molecule has 3 aliphatic carbocycles. The fourth-order valence-corrected chi connectivity index (χ4v) is 3.25. The van der Waals surface area contributed by atoms with Gasteiger partial charge < -0.3 is 0 Å². The van der Waals surface area contributed by atoms with Gasteiger partial charge in [0.1, 0.15) is 0 Å². The lowest BCUT2D eigenvalue weighted by molar-refractivity contribution is -0.116. The second-order valence-corrected chi connectivity index (χ2v) is 4.44. The standard InChI is InChI=1S/C11H11NO/c12-6-11-4-2-1-3-7-5-8(13)10(11)9(7)11/h5,9-10H,1-4H2/t9-,10+,11+/m0/s1. The molecule has 0 aromatic rings. The van der Waals surface area contributed by atoms with Crippen molar-refractivity contribution in [2.24, 2.45) is 17.3 Å². The van der Waals surface area contributed by atoms with Crippen molar-refractivity contribution in [2.45, 2.75) is 25.7 Å². The Kier molecular flexibility index (Phi) is 1.15. The third kappa shape index (κ3) is 0.670. The number of nitrogens with zero attached hydrogens (tertiary/aromatic N) is 1. The molecular weight excluding hydrogens is 162 g/mol. The average Bonchev–Trinajstić information content (AvgIpc) is 2.69. The van der Waals surface area contributed by atoms with Crippen LogP contribution >= 0.6 is 0 Å². The summed E-state index contributed by atoms with van der Waals surface area (Å²) in [6, 6.07) is 2.39. The number of nitriles is 1. The molecule has 2 saturated carbocycles. The number of carbonyl (C=O) groups is 1. The summed E-state index contributed by atoms with van der Waals surface area (Å²) in [5, 5.41) is 9.13. The predicted octanol–water partition coefficient (Wildman–Crippen LogP) is 1.83. The van der Waals surface area contributed by atoms with Crippen molar-refractivity contribution in [2.75, 3.05) is 0 Å². The average molecular weight is 173 g/mol. The van der Waals surface area contributed by atoms with E-state index < -0.39 is 0 Å². The van der Waals surface area contributed by atoms with E-state index in [0.717, 1.165) is 25.7 Å². The molecule has 0 heterocycles. The van der Waals surface area contributed by atoms with Gasteiger partial charge in [-0.25, -0.2) is 0 Å². The first-order chi connectivity index (χ1) is 6.29. The number of ketones is 1. The van der Waals surface area contributed by atoms with Crippen LogP contribution in [-0.4, -0.2) is 5.78 Å². The SMILES string of the molecule is N#C[C@@]12CCCCC3=CC(=O)[C@@H]1[C@H]32. The minimum Gasteiger partial charge on any atom is -0.294 e. The lowest BCUT2D eigenvalue weighted by Crippen LogP contribution is -2.08. The first-order valence-corrected chi connectivity index (χ1v) is 4.95. The maximum atomic E-state index is 11.5. The van der Waals surface area contributed by atoms with Crippen molar-refractivity contribution in [3.05, 3.63) is 11.6 Å². The minimum absolute atomic E-state index is 0.0628. The predicted molar refractivity (Wildman–Crippen MR) is 46.6 cm³/mol. The van der Waals surface area contributed by atoms with E-state index in [-0.39, 0.29) is 17.1 Å². The Labute approximate surface area is 77.2 Å². The molecular formula is C11H11NO. The highest BCUT2D eigenvalue weighted by Gasteiger charge is 2.71. The van der Waals surface area contributed by atoms with Crippen molar-refractivity contribution in [1.82, 2.24) is 0 Å². The van der Waals surface area contributed by atoms with E-state index in [4.69, 9.17) is 5.26 Å². The van der Waals surface area contributed by atoms with Gasteiger partial charge in [-0.05, 0) is 25.3 Å². The Bertz CT molecular complexity index is 363. The van der Waals surface area contributed by atoms with Gasteiger partial charge in [0.2, 0.25) is 0 Å². The Hall–Kier alpha value is -1.10. The normalized spacial score (nSPS) is 46.1. The number of hydrogen-bond donors (Lipinski definition) is 0. The third-order valence-corrected chi connectivity index (χ3v) is 3.88. The van der Waals surface area contributed by atoms with Gasteiger partial charge >= 0.3 is 0 Å². The lowest BCUT2D eigenvalue weighted by atomic mass is 9.94. The molecule has 0 spiro atoms. The van der Waals surface area contributed by atoms with Crippen LogP contribution in [0.15, 0.2) is 11.6 Å². The summed E-state index contributed by atoms with van der Waals surface area (Å²) >= 11 is 0. The Morgan fingerprint density at radius 3 is 3.08 bits per heavy atom. The van der Waals surface area contributed by atoms with Crippen molar-refractivity contribution in [3.63, 3.8) is 0 Å². The minimum atomic E-state index is -0.252. The number of fused-ring (bicyclic) bond motifs is 1. The van der Waals surface area contributed by atoms with Crippen molar-refractivity contribution < 1.29 is 4.79 Å². The summed E-state index contributed by atoms with van der Waals surface area (Å²) < 4.78 is 0. The van der Waals surface area contributed by atoms with Gasteiger partial charge in [-0.2, -0.15) is 5.26 Å². The number of carbonyl (C=O) groups excluding carboxylic acids is 1. The van der Waals surface area contributed by atoms with Crippen molar-refractivity contribution >= 4 is 5.78 Å². The van der Waals surface area contributed by atoms with Gasteiger partial charge in [-0.1, -0.05) is 12.0 Å².